The van der Waals surface area contributed by atoms with E-state index in [1.165, 1.54) is 0 Å². The highest BCUT2D eigenvalue weighted by Crippen LogP contribution is 2.36. The van der Waals surface area contributed by atoms with Crippen molar-refractivity contribution in [2.24, 2.45) is 0 Å². The van der Waals surface area contributed by atoms with Crippen LogP contribution in [0.5, 0.6) is 5.75 Å². The van der Waals surface area contributed by atoms with E-state index in [1.54, 1.807) is 21.9 Å². The summed E-state index contributed by atoms with van der Waals surface area (Å²) in [6.45, 7) is 2.91. The van der Waals surface area contributed by atoms with Gasteiger partial charge < -0.3 is 14.5 Å². The Morgan fingerprint density at radius 1 is 1.10 bits per heavy atom. The number of nitrogens with zero attached hydrogens (tertiary/aromatic N) is 3. The molecule has 3 rings (SSSR count). The molecule has 1 aliphatic heterocycles. The van der Waals surface area contributed by atoms with Crippen LogP contribution >= 0.6 is 0 Å². The van der Waals surface area contributed by atoms with Crippen molar-refractivity contribution in [2.45, 2.75) is 13.1 Å². The Kier molecular flexibility index (Phi) is 6.14. The first-order chi connectivity index (χ1) is 14.1. The quantitative estimate of drug-likeness (QED) is 0.542. The maximum Gasteiger partial charge on any atom is 0.416 e. The van der Waals surface area contributed by atoms with Crippen LogP contribution in [0.15, 0.2) is 42.5 Å². The van der Waals surface area contributed by atoms with Gasteiger partial charge in [0, 0.05) is 32.2 Å². The number of amides is 1. The molecular weight excluding hydrogens is 403 g/mol. The topological polar surface area (TPSA) is 75.9 Å². The Bertz CT molecular complexity index is 924. The van der Waals surface area contributed by atoms with E-state index in [9.17, 15) is 28.1 Å². The molecule has 10 heteroatoms. The van der Waals surface area contributed by atoms with Crippen LogP contribution in [0, 0.1) is 17.0 Å². The van der Waals surface area contributed by atoms with E-state index in [2.05, 4.69) is 0 Å². The number of hydrogen-bond acceptors (Lipinski definition) is 5. The summed E-state index contributed by atoms with van der Waals surface area (Å²) in [7, 11) is 0. The minimum Gasteiger partial charge on any atom is -0.484 e. The summed E-state index contributed by atoms with van der Waals surface area (Å²) in [5.74, 6) is 0.352. The summed E-state index contributed by atoms with van der Waals surface area (Å²) < 4.78 is 44.1. The highest BCUT2D eigenvalue weighted by Gasteiger charge is 2.34. The number of aryl methyl sites for hydroxylation is 1. The molecule has 1 fully saturated rings. The molecule has 2 aromatic carbocycles. The third kappa shape index (κ3) is 5.00. The molecule has 0 N–H and O–H groups in total. The first kappa shape index (κ1) is 21.4. The number of nitro benzene ring substituents is 1. The largest absolute Gasteiger partial charge is 0.484 e. The van der Waals surface area contributed by atoms with Gasteiger partial charge >= 0.3 is 6.18 Å². The number of anilines is 1. The molecule has 0 bridgehead atoms. The standard InChI is InChI=1S/C20H20F3N3O4/c1-14-2-5-16(6-3-14)30-13-19(27)25-10-8-24(9-11-25)17-7-4-15(20(21,22)23)12-18(17)26(28)29/h2-7,12H,8-11,13H2,1H3. The first-order valence-corrected chi connectivity index (χ1v) is 9.23. The Morgan fingerprint density at radius 2 is 1.73 bits per heavy atom. The number of rotatable bonds is 5. The van der Waals surface area contributed by atoms with Gasteiger partial charge in [-0.15, -0.1) is 0 Å². The van der Waals surface area contributed by atoms with E-state index < -0.39 is 22.4 Å². The van der Waals surface area contributed by atoms with Crippen molar-refractivity contribution in [3.8, 4) is 5.75 Å². The average molecular weight is 423 g/mol. The Labute approximate surface area is 170 Å². The van der Waals surface area contributed by atoms with E-state index in [4.69, 9.17) is 4.74 Å². The zero-order chi connectivity index (χ0) is 21.9. The molecule has 0 aliphatic carbocycles. The number of carbonyl (C=O) groups excluding carboxylic acids is 1. The number of nitro groups is 1. The van der Waals surface area contributed by atoms with Gasteiger partial charge in [-0.1, -0.05) is 17.7 Å². The second kappa shape index (κ2) is 8.60. The minimum absolute atomic E-state index is 0.107. The number of ether oxygens (including phenoxy) is 1. The van der Waals surface area contributed by atoms with Crippen LogP contribution in [-0.4, -0.2) is 48.5 Å². The summed E-state index contributed by atoms with van der Waals surface area (Å²) in [5, 5.41) is 11.3. The Morgan fingerprint density at radius 3 is 2.30 bits per heavy atom. The van der Waals surface area contributed by atoms with Crippen LogP contribution < -0.4 is 9.64 Å². The van der Waals surface area contributed by atoms with Crippen molar-refractivity contribution in [3.05, 3.63) is 63.7 Å². The molecule has 0 unspecified atom stereocenters. The molecule has 30 heavy (non-hydrogen) atoms. The molecule has 1 amide bonds. The number of carbonyl (C=O) groups is 1. The second-order valence-corrected chi connectivity index (χ2v) is 6.93. The van der Waals surface area contributed by atoms with Crippen molar-refractivity contribution in [1.82, 2.24) is 4.90 Å². The van der Waals surface area contributed by atoms with Gasteiger partial charge in [-0.05, 0) is 31.2 Å². The minimum atomic E-state index is -4.66. The lowest BCUT2D eigenvalue weighted by Crippen LogP contribution is -2.50. The lowest BCUT2D eigenvalue weighted by Gasteiger charge is -2.35. The van der Waals surface area contributed by atoms with Gasteiger partial charge in [0.25, 0.3) is 11.6 Å². The monoisotopic (exact) mass is 423 g/mol. The zero-order valence-electron chi connectivity index (χ0n) is 16.2. The van der Waals surface area contributed by atoms with Gasteiger partial charge in [-0.2, -0.15) is 13.2 Å². The number of hydrogen-bond donors (Lipinski definition) is 0. The van der Waals surface area contributed by atoms with Crippen LogP contribution in [-0.2, 0) is 11.0 Å². The summed E-state index contributed by atoms with van der Waals surface area (Å²) in [5.41, 5.74) is -0.495. The predicted molar refractivity (Wildman–Crippen MR) is 104 cm³/mol. The van der Waals surface area contributed by atoms with E-state index in [1.807, 2.05) is 19.1 Å². The number of alkyl halides is 3. The maximum absolute atomic E-state index is 12.9. The molecule has 2 aromatic rings. The van der Waals surface area contributed by atoms with Gasteiger partial charge in [0.1, 0.15) is 11.4 Å². The predicted octanol–water partition coefficient (Wildman–Crippen LogP) is 3.65. The van der Waals surface area contributed by atoms with Gasteiger partial charge in [-0.25, -0.2) is 0 Å². The van der Waals surface area contributed by atoms with Crippen molar-refractivity contribution < 1.29 is 27.6 Å². The van der Waals surface area contributed by atoms with Crippen molar-refractivity contribution in [2.75, 3.05) is 37.7 Å². The highest BCUT2D eigenvalue weighted by molar-refractivity contribution is 5.78. The Hall–Kier alpha value is -3.30. The van der Waals surface area contributed by atoms with Crippen LogP contribution in [0.1, 0.15) is 11.1 Å². The van der Waals surface area contributed by atoms with Crippen LogP contribution in [0.3, 0.4) is 0 Å². The maximum atomic E-state index is 12.9. The lowest BCUT2D eigenvalue weighted by molar-refractivity contribution is -0.384. The normalized spacial score (nSPS) is 14.5. The third-order valence-electron chi connectivity index (χ3n) is 4.86. The summed E-state index contributed by atoms with van der Waals surface area (Å²) in [6.07, 6.45) is -4.66. The van der Waals surface area contributed by atoms with E-state index >= 15 is 0 Å². The van der Waals surface area contributed by atoms with Crippen molar-refractivity contribution >= 4 is 17.3 Å². The first-order valence-electron chi connectivity index (χ1n) is 9.23. The molecule has 0 radical (unpaired) electrons. The fourth-order valence-electron chi connectivity index (χ4n) is 3.18. The average Bonchev–Trinajstić information content (AvgIpc) is 2.72. The Balaban J connectivity index is 1.61. The SMILES string of the molecule is Cc1ccc(OCC(=O)N2CCN(c3ccc(C(F)(F)F)cc3[N+](=O)[O-])CC2)cc1. The highest BCUT2D eigenvalue weighted by atomic mass is 19.4. The molecule has 160 valence electrons. The third-order valence-corrected chi connectivity index (χ3v) is 4.86. The summed E-state index contributed by atoms with van der Waals surface area (Å²) in [4.78, 5) is 26.0. The van der Waals surface area contributed by atoms with Gasteiger partial charge in [0.15, 0.2) is 6.61 Å². The number of piperazine rings is 1. The van der Waals surface area contributed by atoms with Crippen LogP contribution in [0.25, 0.3) is 0 Å². The number of halogens is 3. The van der Waals surface area contributed by atoms with E-state index in [0.717, 1.165) is 17.7 Å². The fraction of sp³-hybridized carbons (Fsp3) is 0.350. The molecule has 0 saturated carbocycles. The molecule has 0 spiro atoms. The molecule has 1 saturated heterocycles. The molecule has 0 aromatic heterocycles. The smallest absolute Gasteiger partial charge is 0.416 e. The molecule has 7 nitrogen and oxygen atoms in total. The summed E-state index contributed by atoms with van der Waals surface area (Å²) >= 11 is 0. The van der Waals surface area contributed by atoms with Gasteiger partial charge in [-0.3, -0.25) is 14.9 Å². The molecule has 1 aliphatic rings. The number of benzene rings is 2. The van der Waals surface area contributed by atoms with Crippen molar-refractivity contribution in [1.29, 1.82) is 0 Å². The zero-order valence-corrected chi connectivity index (χ0v) is 16.2. The van der Waals surface area contributed by atoms with Gasteiger partial charge in [0.05, 0.1) is 10.5 Å². The van der Waals surface area contributed by atoms with Gasteiger partial charge in [0.2, 0.25) is 0 Å². The van der Waals surface area contributed by atoms with E-state index in [0.29, 0.717) is 11.8 Å². The lowest BCUT2D eigenvalue weighted by atomic mass is 10.1. The molecular formula is C20H20F3N3O4. The molecule has 1 heterocycles. The van der Waals surface area contributed by atoms with E-state index in [-0.39, 0.29) is 44.4 Å². The van der Waals surface area contributed by atoms with Crippen LogP contribution in [0.4, 0.5) is 24.5 Å². The van der Waals surface area contributed by atoms with Crippen molar-refractivity contribution in [3.63, 3.8) is 0 Å². The molecule has 0 atom stereocenters. The fourth-order valence-corrected chi connectivity index (χ4v) is 3.18. The second-order valence-electron chi connectivity index (χ2n) is 6.93. The summed E-state index contributed by atoms with van der Waals surface area (Å²) in [6, 6.07) is 9.76. The van der Waals surface area contributed by atoms with Crippen LogP contribution in [0.2, 0.25) is 0 Å².